The SMILES string of the molecule is c1ccc(-c2ccc3c(c2)c2ccccc2n3-c2ccc3c4ccccc4c4cccc(-c5nc(-c6ccccc6)nc(-c6ccc7c8ccccc8c8ccccc8c7c6)n5)c4c3c2)cc1. The Morgan fingerprint density at radius 1 is 0.239 bits per heavy atom. The van der Waals surface area contributed by atoms with Crippen molar-refractivity contribution in [3.8, 4) is 51.0 Å². The van der Waals surface area contributed by atoms with Crippen LogP contribution >= 0.6 is 0 Å². The van der Waals surface area contributed by atoms with Gasteiger partial charge in [0.1, 0.15) is 0 Å². The van der Waals surface area contributed by atoms with E-state index in [9.17, 15) is 0 Å². The quantitative estimate of drug-likeness (QED) is 0.162. The molecule has 0 spiro atoms. The molecule has 4 heteroatoms. The van der Waals surface area contributed by atoms with Gasteiger partial charge in [0.25, 0.3) is 0 Å². The van der Waals surface area contributed by atoms with E-state index in [1.54, 1.807) is 0 Å². The second-order valence-corrected chi connectivity index (χ2v) is 17.5. The molecule has 0 aliphatic heterocycles. The zero-order valence-electron chi connectivity index (χ0n) is 36.2. The third-order valence-electron chi connectivity index (χ3n) is 13.8. The number of para-hydroxylation sites is 1. The fraction of sp³-hybridized carbons (Fsp3) is 0. The molecule has 67 heavy (non-hydrogen) atoms. The van der Waals surface area contributed by atoms with Crippen molar-refractivity contribution in [2.45, 2.75) is 0 Å². The molecule has 0 saturated carbocycles. The molecule has 0 atom stereocenters. The maximum atomic E-state index is 5.45. The summed E-state index contributed by atoms with van der Waals surface area (Å²) in [6.45, 7) is 0. The average molecular weight is 851 g/mol. The fourth-order valence-electron chi connectivity index (χ4n) is 10.8. The molecule has 14 aromatic rings. The lowest BCUT2D eigenvalue weighted by atomic mass is 9.91. The van der Waals surface area contributed by atoms with Gasteiger partial charge in [0.15, 0.2) is 17.5 Å². The monoisotopic (exact) mass is 850 g/mol. The molecule has 0 fully saturated rings. The van der Waals surface area contributed by atoms with Gasteiger partial charge >= 0.3 is 0 Å². The Balaban J connectivity index is 1.03. The first kappa shape index (κ1) is 37.4. The summed E-state index contributed by atoms with van der Waals surface area (Å²) in [6, 6.07) is 82.9. The zero-order valence-corrected chi connectivity index (χ0v) is 36.2. The van der Waals surface area contributed by atoms with Crippen LogP contribution < -0.4 is 0 Å². The smallest absolute Gasteiger partial charge is 0.164 e. The summed E-state index contributed by atoms with van der Waals surface area (Å²) in [4.78, 5) is 16.0. The first-order valence-corrected chi connectivity index (χ1v) is 22.9. The minimum Gasteiger partial charge on any atom is -0.309 e. The highest BCUT2D eigenvalue weighted by Crippen LogP contribution is 2.43. The van der Waals surface area contributed by atoms with E-state index in [-0.39, 0.29) is 0 Å². The van der Waals surface area contributed by atoms with Crippen LogP contribution in [-0.2, 0) is 0 Å². The summed E-state index contributed by atoms with van der Waals surface area (Å²) in [5.41, 5.74) is 8.66. The molecule has 0 N–H and O–H groups in total. The molecule has 4 nitrogen and oxygen atoms in total. The van der Waals surface area contributed by atoms with Crippen molar-refractivity contribution in [3.05, 3.63) is 231 Å². The van der Waals surface area contributed by atoms with Crippen LogP contribution in [0.1, 0.15) is 0 Å². The molecule has 0 aliphatic rings. The van der Waals surface area contributed by atoms with Crippen molar-refractivity contribution < 1.29 is 0 Å². The van der Waals surface area contributed by atoms with E-state index in [0.29, 0.717) is 17.5 Å². The summed E-state index contributed by atoms with van der Waals surface area (Å²) >= 11 is 0. The van der Waals surface area contributed by atoms with Crippen molar-refractivity contribution in [3.63, 3.8) is 0 Å². The van der Waals surface area contributed by atoms with Crippen molar-refractivity contribution in [2.24, 2.45) is 0 Å². The second-order valence-electron chi connectivity index (χ2n) is 17.5. The molecule has 0 saturated heterocycles. The minimum absolute atomic E-state index is 0.630. The van der Waals surface area contributed by atoms with Crippen LogP contribution in [-0.4, -0.2) is 19.5 Å². The molecular weight excluding hydrogens is 813 g/mol. The fourth-order valence-corrected chi connectivity index (χ4v) is 10.8. The summed E-state index contributed by atoms with van der Waals surface area (Å²) in [7, 11) is 0. The molecule has 2 heterocycles. The Morgan fingerprint density at radius 3 is 1.39 bits per heavy atom. The van der Waals surface area contributed by atoms with Crippen molar-refractivity contribution in [1.29, 1.82) is 0 Å². The van der Waals surface area contributed by atoms with Crippen LogP contribution in [0.4, 0.5) is 0 Å². The molecule has 0 aliphatic carbocycles. The Hall–Kier alpha value is -8.99. The van der Waals surface area contributed by atoms with Crippen LogP contribution in [0.15, 0.2) is 231 Å². The van der Waals surface area contributed by atoms with Crippen LogP contribution in [0.2, 0.25) is 0 Å². The summed E-state index contributed by atoms with van der Waals surface area (Å²) in [6.07, 6.45) is 0. The maximum absolute atomic E-state index is 5.45. The predicted molar refractivity (Wildman–Crippen MR) is 281 cm³/mol. The first-order valence-electron chi connectivity index (χ1n) is 22.9. The van der Waals surface area contributed by atoms with Gasteiger partial charge in [-0.15, -0.1) is 0 Å². The van der Waals surface area contributed by atoms with E-state index >= 15 is 0 Å². The standard InChI is InChI=1S/C63H38N4/c1-3-16-39(17-4-1)41-31-35-59-56(36-41)52-26-13-14-29-58(52)67(59)43-32-34-51-47-23-9-11-24-48(47)53-27-15-28-54(60(53)57(51)38-43)63-65-61(40-18-5-2-6-19-40)64-62(66-63)42-30-33-50-46-22-8-7-20-44(46)45-21-10-12-25-49(45)55(50)37-42/h1-38H. The van der Waals surface area contributed by atoms with Crippen LogP contribution in [0.5, 0.6) is 0 Å². The van der Waals surface area contributed by atoms with Crippen LogP contribution in [0, 0.1) is 0 Å². The molecular formula is C63H38N4. The number of hydrogen-bond acceptors (Lipinski definition) is 3. The van der Waals surface area contributed by atoms with Gasteiger partial charge in [-0.1, -0.05) is 194 Å². The molecule has 14 rings (SSSR count). The third-order valence-corrected chi connectivity index (χ3v) is 13.8. The Labute approximate surface area is 385 Å². The zero-order chi connectivity index (χ0) is 44.0. The van der Waals surface area contributed by atoms with Gasteiger partial charge in [-0.2, -0.15) is 0 Å². The van der Waals surface area contributed by atoms with Crippen LogP contribution in [0.25, 0.3) is 137 Å². The number of nitrogens with zero attached hydrogens (tertiary/aromatic N) is 4. The Morgan fingerprint density at radius 2 is 0.701 bits per heavy atom. The van der Waals surface area contributed by atoms with E-state index in [4.69, 9.17) is 15.0 Å². The summed E-state index contributed by atoms with van der Waals surface area (Å²) in [5, 5.41) is 16.7. The highest BCUT2D eigenvalue weighted by atomic mass is 15.0. The van der Waals surface area contributed by atoms with Gasteiger partial charge in [0.05, 0.1) is 11.0 Å². The lowest BCUT2D eigenvalue weighted by Crippen LogP contribution is -2.01. The average Bonchev–Trinajstić information content (AvgIpc) is 3.74. The van der Waals surface area contributed by atoms with E-state index in [0.717, 1.165) is 49.6 Å². The first-order chi connectivity index (χ1) is 33.2. The van der Waals surface area contributed by atoms with Crippen molar-refractivity contribution in [1.82, 2.24) is 19.5 Å². The molecule has 310 valence electrons. The maximum Gasteiger partial charge on any atom is 0.164 e. The van der Waals surface area contributed by atoms with E-state index < -0.39 is 0 Å². The number of aromatic nitrogens is 4. The van der Waals surface area contributed by atoms with Gasteiger partial charge in [0, 0.05) is 38.5 Å². The lowest BCUT2D eigenvalue weighted by Gasteiger charge is -2.17. The molecule has 0 radical (unpaired) electrons. The number of rotatable bonds is 5. The molecule has 0 unspecified atom stereocenters. The van der Waals surface area contributed by atoms with Gasteiger partial charge in [0.2, 0.25) is 0 Å². The highest BCUT2D eigenvalue weighted by Gasteiger charge is 2.20. The molecule has 0 bridgehead atoms. The van der Waals surface area contributed by atoms with Crippen molar-refractivity contribution >= 4 is 86.4 Å². The number of benzene rings is 12. The number of fused-ring (bicyclic) bond motifs is 15. The van der Waals surface area contributed by atoms with Gasteiger partial charge in [-0.3, -0.25) is 0 Å². The molecule has 2 aromatic heterocycles. The minimum atomic E-state index is 0.630. The normalized spacial score (nSPS) is 11.9. The van der Waals surface area contributed by atoms with Gasteiger partial charge in [-0.25, -0.2) is 15.0 Å². The summed E-state index contributed by atoms with van der Waals surface area (Å²) < 4.78 is 2.42. The largest absolute Gasteiger partial charge is 0.309 e. The Bertz CT molecular complexity index is 4290. The molecule has 12 aromatic carbocycles. The van der Waals surface area contributed by atoms with E-state index in [2.05, 4.69) is 217 Å². The summed E-state index contributed by atoms with van der Waals surface area (Å²) in [5.74, 6) is 1.89. The van der Waals surface area contributed by atoms with Gasteiger partial charge < -0.3 is 4.57 Å². The van der Waals surface area contributed by atoms with Crippen LogP contribution in [0.3, 0.4) is 0 Å². The van der Waals surface area contributed by atoms with Crippen molar-refractivity contribution in [2.75, 3.05) is 0 Å². The predicted octanol–water partition coefficient (Wildman–Crippen LogP) is 16.6. The highest BCUT2D eigenvalue weighted by molar-refractivity contribution is 6.29. The lowest BCUT2D eigenvalue weighted by molar-refractivity contribution is 1.08. The third kappa shape index (κ3) is 5.83. The Kier molecular flexibility index (Phi) is 8.25. The van der Waals surface area contributed by atoms with E-state index in [1.165, 1.54) is 70.4 Å². The van der Waals surface area contributed by atoms with Gasteiger partial charge in [-0.05, 0) is 107 Å². The topological polar surface area (TPSA) is 43.6 Å². The molecule has 0 amide bonds. The second kappa shape index (κ2) is 14.8. The number of hydrogen-bond donors (Lipinski definition) is 0. The van der Waals surface area contributed by atoms with E-state index in [1.807, 2.05) is 18.2 Å².